The molecule has 0 saturated carbocycles. The van der Waals surface area contributed by atoms with Gasteiger partial charge in [0.2, 0.25) is 0 Å². The zero-order chi connectivity index (χ0) is 13.1. The van der Waals surface area contributed by atoms with E-state index in [9.17, 15) is 0 Å². The van der Waals surface area contributed by atoms with Crippen molar-refractivity contribution >= 4 is 34.2 Å². The van der Waals surface area contributed by atoms with Crippen molar-refractivity contribution in [2.24, 2.45) is 0 Å². The minimum atomic E-state index is 0.869. The van der Waals surface area contributed by atoms with Crippen LogP contribution < -0.4 is 0 Å². The van der Waals surface area contributed by atoms with Crippen LogP contribution in [0.3, 0.4) is 0 Å². The molecule has 0 amide bonds. The van der Waals surface area contributed by atoms with Crippen LogP contribution in [0.4, 0.5) is 0 Å². The Labute approximate surface area is 119 Å². The SMILES string of the molecule is [S]CCCCc1cccc2c1ccc1ccccc12. The molecule has 3 aromatic carbocycles. The van der Waals surface area contributed by atoms with Crippen molar-refractivity contribution < 1.29 is 0 Å². The van der Waals surface area contributed by atoms with Crippen molar-refractivity contribution in [1.82, 2.24) is 0 Å². The molecule has 0 heterocycles. The van der Waals surface area contributed by atoms with Crippen LogP contribution in [-0.4, -0.2) is 5.75 Å². The Morgan fingerprint density at radius 1 is 0.684 bits per heavy atom. The molecule has 0 atom stereocenters. The van der Waals surface area contributed by atoms with Crippen LogP contribution in [0.2, 0.25) is 0 Å². The van der Waals surface area contributed by atoms with Gasteiger partial charge in [-0.25, -0.2) is 0 Å². The van der Waals surface area contributed by atoms with E-state index in [4.69, 9.17) is 12.6 Å². The summed E-state index contributed by atoms with van der Waals surface area (Å²) in [4.78, 5) is 0. The molecule has 0 aliphatic heterocycles. The second-order valence-corrected chi connectivity index (χ2v) is 5.37. The maximum Gasteiger partial charge on any atom is 0.00370 e. The van der Waals surface area contributed by atoms with E-state index in [1.54, 1.807) is 0 Å². The Kier molecular flexibility index (Phi) is 3.74. The summed E-state index contributed by atoms with van der Waals surface area (Å²) in [6, 6.07) is 19.8. The molecule has 0 fully saturated rings. The third-order valence-corrected chi connectivity index (χ3v) is 4.01. The van der Waals surface area contributed by atoms with Gasteiger partial charge in [-0.3, -0.25) is 0 Å². The smallest absolute Gasteiger partial charge is 0.00370 e. The molecule has 0 unspecified atom stereocenters. The molecule has 19 heavy (non-hydrogen) atoms. The molecule has 0 spiro atoms. The van der Waals surface area contributed by atoms with Crippen molar-refractivity contribution in [3.63, 3.8) is 0 Å². The van der Waals surface area contributed by atoms with Crippen molar-refractivity contribution in [3.8, 4) is 0 Å². The van der Waals surface area contributed by atoms with Crippen molar-refractivity contribution in [3.05, 3.63) is 60.2 Å². The molecule has 0 saturated heterocycles. The molecule has 1 radical (unpaired) electrons. The van der Waals surface area contributed by atoms with Crippen LogP contribution in [-0.2, 0) is 6.42 Å². The van der Waals surface area contributed by atoms with Gasteiger partial charge < -0.3 is 0 Å². The van der Waals surface area contributed by atoms with E-state index in [-0.39, 0.29) is 0 Å². The Hall–Kier alpha value is -1.47. The van der Waals surface area contributed by atoms with E-state index in [0.717, 1.165) is 18.6 Å². The van der Waals surface area contributed by atoms with Crippen LogP contribution in [0.5, 0.6) is 0 Å². The molecule has 3 rings (SSSR count). The second-order valence-electron chi connectivity index (χ2n) is 4.96. The van der Waals surface area contributed by atoms with Crippen molar-refractivity contribution in [2.75, 3.05) is 5.75 Å². The van der Waals surface area contributed by atoms with Gasteiger partial charge >= 0.3 is 0 Å². The number of hydrogen-bond donors (Lipinski definition) is 0. The van der Waals surface area contributed by atoms with Gasteiger partial charge in [0.05, 0.1) is 0 Å². The Bertz CT molecular complexity index is 700. The topological polar surface area (TPSA) is 0 Å². The van der Waals surface area contributed by atoms with E-state index < -0.39 is 0 Å². The van der Waals surface area contributed by atoms with Crippen molar-refractivity contribution in [2.45, 2.75) is 19.3 Å². The molecular weight excluding hydrogens is 248 g/mol. The van der Waals surface area contributed by atoms with Crippen molar-refractivity contribution in [1.29, 1.82) is 0 Å². The normalized spacial score (nSPS) is 11.2. The maximum atomic E-state index is 5.03. The minimum Gasteiger partial charge on any atom is -0.0942 e. The summed E-state index contributed by atoms with van der Waals surface area (Å²) in [7, 11) is 0. The largest absolute Gasteiger partial charge is 0.0942 e. The molecule has 0 N–H and O–H groups in total. The first-order valence-corrected chi connectivity index (χ1v) is 7.45. The van der Waals surface area contributed by atoms with Gasteiger partial charge in [0.25, 0.3) is 0 Å². The van der Waals surface area contributed by atoms with Gasteiger partial charge in [0.1, 0.15) is 0 Å². The fraction of sp³-hybridized carbons (Fsp3) is 0.222. The predicted molar refractivity (Wildman–Crippen MR) is 86.9 cm³/mol. The van der Waals surface area contributed by atoms with E-state index in [0.29, 0.717) is 0 Å². The fourth-order valence-corrected chi connectivity index (χ4v) is 2.95. The van der Waals surface area contributed by atoms with E-state index >= 15 is 0 Å². The Morgan fingerprint density at radius 3 is 2.42 bits per heavy atom. The lowest BCUT2D eigenvalue weighted by Crippen LogP contribution is -1.89. The average molecular weight is 265 g/mol. The summed E-state index contributed by atoms with van der Waals surface area (Å²) in [6.07, 6.45) is 3.46. The summed E-state index contributed by atoms with van der Waals surface area (Å²) < 4.78 is 0. The summed E-state index contributed by atoms with van der Waals surface area (Å²) in [5.74, 6) is 0.869. The lowest BCUT2D eigenvalue weighted by molar-refractivity contribution is 0.808. The van der Waals surface area contributed by atoms with Crippen LogP contribution >= 0.6 is 12.6 Å². The molecule has 0 bridgehead atoms. The van der Waals surface area contributed by atoms with Gasteiger partial charge in [-0.2, -0.15) is 0 Å². The summed E-state index contributed by atoms with van der Waals surface area (Å²) in [5, 5.41) is 5.43. The first kappa shape index (κ1) is 12.6. The molecule has 0 nitrogen and oxygen atoms in total. The van der Waals surface area contributed by atoms with Gasteiger partial charge in [-0.05, 0) is 46.4 Å². The molecule has 0 aliphatic carbocycles. The molecule has 95 valence electrons. The van der Waals surface area contributed by atoms with Crippen LogP contribution in [0.25, 0.3) is 21.5 Å². The number of hydrogen-bond acceptors (Lipinski definition) is 0. The average Bonchev–Trinajstić information content (AvgIpc) is 2.47. The van der Waals surface area contributed by atoms with Gasteiger partial charge in [-0.1, -0.05) is 67.2 Å². The van der Waals surface area contributed by atoms with Crippen LogP contribution in [0, 0.1) is 0 Å². The highest BCUT2D eigenvalue weighted by Gasteiger charge is 2.04. The van der Waals surface area contributed by atoms with E-state index in [1.165, 1.54) is 33.5 Å². The highest BCUT2D eigenvalue weighted by Crippen LogP contribution is 2.28. The Balaban J connectivity index is 2.12. The van der Waals surface area contributed by atoms with Gasteiger partial charge in [0, 0.05) is 5.75 Å². The predicted octanol–water partition coefficient (Wildman–Crippen LogP) is 5.51. The van der Waals surface area contributed by atoms with Gasteiger partial charge in [-0.15, -0.1) is 0 Å². The third-order valence-electron chi connectivity index (χ3n) is 3.72. The zero-order valence-corrected chi connectivity index (χ0v) is 11.7. The van der Waals surface area contributed by atoms with Crippen LogP contribution in [0.1, 0.15) is 18.4 Å². The number of unbranched alkanes of at least 4 members (excludes halogenated alkanes) is 1. The van der Waals surface area contributed by atoms with Crippen LogP contribution in [0.15, 0.2) is 54.6 Å². The second kappa shape index (κ2) is 5.66. The monoisotopic (exact) mass is 265 g/mol. The molecule has 1 heteroatoms. The van der Waals surface area contributed by atoms with Gasteiger partial charge in [0.15, 0.2) is 0 Å². The highest BCUT2D eigenvalue weighted by atomic mass is 32.1. The lowest BCUT2D eigenvalue weighted by atomic mass is 9.96. The first-order chi connectivity index (χ1) is 9.40. The standard InChI is InChI=1S/C18H17S/c19-13-4-3-7-14-8-5-10-18-16-9-2-1-6-15(16)11-12-17(14)18/h1-2,5-6,8-12H,3-4,7,13H2. The fourth-order valence-electron chi connectivity index (χ4n) is 2.74. The summed E-state index contributed by atoms with van der Waals surface area (Å²) in [6.45, 7) is 0. The molecule has 0 aromatic heterocycles. The lowest BCUT2D eigenvalue weighted by Gasteiger charge is -2.09. The number of benzene rings is 3. The zero-order valence-electron chi connectivity index (χ0n) is 10.9. The molecule has 0 aliphatic rings. The quantitative estimate of drug-likeness (QED) is 0.431. The maximum absolute atomic E-state index is 5.03. The highest BCUT2D eigenvalue weighted by molar-refractivity contribution is 7.80. The van der Waals surface area contributed by atoms with E-state index in [1.807, 2.05) is 0 Å². The molecular formula is C18H17S. The molecule has 3 aromatic rings. The summed E-state index contributed by atoms with van der Waals surface area (Å²) >= 11 is 5.03. The number of aryl methyl sites for hydroxylation is 1. The summed E-state index contributed by atoms with van der Waals surface area (Å²) in [5.41, 5.74) is 1.45. The number of fused-ring (bicyclic) bond motifs is 3. The number of rotatable bonds is 4. The first-order valence-electron chi connectivity index (χ1n) is 6.87. The minimum absolute atomic E-state index is 0.869. The third kappa shape index (κ3) is 2.48. The Morgan fingerprint density at radius 2 is 1.53 bits per heavy atom. The van der Waals surface area contributed by atoms with E-state index in [2.05, 4.69) is 54.6 Å².